The number of carbonyl (C=O) groups is 1. The van der Waals surface area contributed by atoms with Gasteiger partial charge in [0.2, 0.25) is 5.91 Å². The largest absolute Gasteiger partial charge is 0.360 e. The van der Waals surface area contributed by atoms with Crippen molar-refractivity contribution >= 4 is 23.1 Å². The molecule has 7 heteroatoms. The molecule has 16 heavy (non-hydrogen) atoms. The molecule has 6 nitrogen and oxygen atoms in total. The van der Waals surface area contributed by atoms with Gasteiger partial charge >= 0.3 is 0 Å². The second kappa shape index (κ2) is 4.31. The predicted molar refractivity (Wildman–Crippen MR) is 58.0 cm³/mol. The summed E-state index contributed by atoms with van der Waals surface area (Å²) in [5, 5.41) is 15.5. The Balaban J connectivity index is 2.00. The van der Waals surface area contributed by atoms with Crippen molar-refractivity contribution in [1.29, 1.82) is 5.41 Å². The van der Waals surface area contributed by atoms with Crippen molar-refractivity contribution in [1.82, 2.24) is 9.72 Å². The third kappa shape index (κ3) is 2.37. The summed E-state index contributed by atoms with van der Waals surface area (Å²) in [6, 6.07) is 1.64. The molecule has 0 bridgehead atoms. The predicted octanol–water partition coefficient (Wildman–Crippen LogP) is 0.964. The van der Waals surface area contributed by atoms with Crippen molar-refractivity contribution in [3.8, 4) is 0 Å². The maximum atomic E-state index is 11.5. The minimum Gasteiger partial charge on any atom is -0.360 e. The molecule has 0 aromatic carbocycles. The van der Waals surface area contributed by atoms with Crippen molar-refractivity contribution < 1.29 is 9.32 Å². The topological polar surface area (TPSA) is 83.9 Å². The first-order valence-corrected chi connectivity index (χ1v) is 5.45. The number of hydrogen-bond acceptors (Lipinski definition) is 5. The average Bonchev–Trinajstić information content (AvgIpc) is 2.77. The molecular formula is C9H10N4O2S. The van der Waals surface area contributed by atoms with Crippen molar-refractivity contribution in [2.24, 2.45) is 0 Å². The number of nitrogens with zero attached hydrogens (tertiary/aromatic N) is 2. The molecule has 0 aliphatic heterocycles. The number of rotatable bonds is 3. The van der Waals surface area contributed by atoms with Crippen LogP contribution >= 0.6 is 11.3 Å². The van der Waals surface area contributed by atoms with E-state index in [4.69, 9.17) is 9.93 Å². The molecule has 2 aromatic rings. The first-order valence-electron chi connectivity index (χ1n) is 4.57. The molecule has 84 valence electrons. The average molecular weight is 238 g/mol. The molecule has 0 saturated carbocycles. The molecular weight excluding hydrogens is 228 g/mol. The van der Waals surface area contributed by atoms with Crippen molar-refractivity contribution in [3.63, 3.8) is 0 Å². The summed E-state index contributed by atoms with van der Waals surface area (Å²) < 4.78 is 6.37. The zero-order chi connectivity index (χ0) is 11.5. The van der Waals surface area contributed by atoms with Gasteiger partial charge in [-0.05, 0) is 6.92 Å². The molecule has 0 aliphatic carbocycles. The number of amides is 1. The first kappa shape index (κ1) is 10.6. The van der Waals surface area contributed by atoms with E-state index in [2.05, 4.69) is 10.5 Å². The zero-order valence-corrected chi connectivity index (χ0v) is 9.37. The lowest BCUT2D eigenvalue weighted by Crippen LogP contribution is -2.23. The summed E-state index contributed by atoms with van der Waals surface area (Å²) in [7, 11) is 0. The van der Waals surface area contributed by atoms with Crippen LogP contribution in [0.1, 0.15) is 5.76 Å². The van der Waals surface area contributed by atoms with Gasteiger partial charge in [-0.3, -0.25) is 10.2 Å². The van der Waals surface area contributed by atoms with Crippen LogP contribution in [0.5, 0.6) is 0 Å². The van der Waals surface area contributed by atoms with E-state index < -0.39 is 0 Å². The van der Waals surface area contributed by atoms with Gasteiger partial charge in [-0.15, -0.1) is 11.3 Å². The number of hydrogen-bond donors (Lipinski definition) is 2. The second-order valence-electron chi connectivity index (χ2n) is 3.21. The lowest BCUT2D eigenvalue weighted by molar-refractivity contribution is -0.116. The summed E-state index contributed by atoms with van der Waals surface area (Å²) in [6.45, 7) is 1.85. The van der Waals surface area contributed by atoms with Crippen LogP contribution in [0, 0.1) is 12.3 Å². The van der Waals surface area contributed by atoms with E-state index in [1.165, 1.54) is 11.3 Å². The van der Waals surface area contributed by atoms with Crippen LogP contribution in [-0.4, -0.2) is 15.6 Å². The highest BCUT2D eigenvalue weighted by atomic mass is 32.1. The van der Waals surface area contributed by atoms with Crippen LogP contribution < -0.4 is 10.1 Å². The Hall–Kier alpha value is -1.89. The Morgan fingerprint density at radius 3 is 3.12 bits per heavy atom. The first-order chi connectivity index (χ1) is 7.65. The summed E-state index contributed by atoms with van der Waals surface area (Å²) in [4.78, 5) is 11.9. The molecule has 0 spiro atoms. The van der Waals surface area contributed by atoms with E-state index >= 15 is 0 Å². The molecule has 2 heterocycles. The molecule has 0 saturated heterocycles. The normalized spacial score (nSPS) is 10.3. The van der Waals surface area contributed by atoms with Gasteiger partial charge in [-0.1, -0.05) is 5.16 Å². The van der Waals surface area contributed by atoms with Gasteiger partial charge in [0.05, 0.1) is 0 Å². The summed E-state index contributed by atoms with van der Waals surface area (Å²) in [5.41, 5.74) is 0. The quantitative estimate of drug-likeness (QED) is 0.835. The van der Waals surface area contributed by atoms with Crippen LogP contribution in [-0.2, 0) is 11.3 Å². The molecule has 0 radical (unpaired) electrons. The Labute approximate surface area is 95.0 Å². The molecule has 2 rings (SSSR count). The van der Waals surface area contributed by atoms with Crippen LogP contribution in [0.3, 0.4) is 0 Å². The Morgan fingerprint density at radius 2 is 2.56 bits per heavy atom. The zero-order valence-electron chi connectivity index (χ0n) is 8.56. The lowest BCUT2D eigenvalue weighted by Gasteiger charge is -2.01. The van der Waals surface area contributed by atoms with E-state index in [1.54, 1.807) is 29.1 Å². The second-order valence-corrected chi connectivity index (χ2v) is 4.10. The van der Waals surface area contributed by atoms with Gasteiger partial charge in [0.1, 0.15) is 12.3 Å². The van der Waals surface area contributed by atoms with E-state index in [9.17, 15) is 4.79 Å². The molecule has 0 atom stereocenters. The van der Waals surface area contributed by atoms with Gasteiger partial charge in [-0.2, -0.15) is 0 Å². The Kier molecular flexibility index (Phi) is 2.86. The fourth-order valence-electron chi connectivity index (χ4n) is 1.19. The van der Waals surface area contributed by atoms with Gasteiger partial charge in [0, 0.05) is 17.6 Å². The van der Waals surface area contributed by atoms with Crippen LogP contribution in [0.2, 0.25) is 0 Å². The molecule has 2 N–H and O–H groups in total. The minimum absolute atomic E-state index is 0.105. The van der Waals surface area contributed by atoms with Crippen LogP contribution in [0.25, 0.3) is 0 Å². The maximum Gasteiger partial charge on any atom is 0.245 e. The minimum atomic E-state index is -0.231. The summed E-state index contributed by atoms with van der Waals surface area (Å²) in [6.07, 6.45) is 1.70. The van der Waals surface area contributed by atoms with Crippen molar-refractivity contribution in [3.05, 3.63) is 28.2 Å². The maximum absolute atomic E-state index is 11.5. The highest BCUT2D eigenvalue weighted by molar-refractivity contribution is 7.06. The van der Waals surface area contributed by atoms with Gasteiger partial charge in [-0.25, -0.2) is 0 Å². The fourth-order valence-corrected chi connectivity index (χ4v) is 1.79. The highest BCUT2D eigenvalue weighted by Gasteiger charge is 2.07. The molecule has 0 fully saturated rings. The van der Waals surface area contributed by atoms with E-state index in [0.29, 0.717) is 16.4 Å². The third-order valence-corrected chi connectivity index (χ3v) is 2.61. The number of thiazole rings is 1. The van der Waals surface area contributed by atoms with Crippen molar-refractivity contribution in [2.45, 2.75) is 13.5 Å². The Bertz CT molecular complexity index is 554. The van der Waals surface area contributed by atoms with Gasteiger partial charge < -0.3 is 14.4 Å². The Morgan fingerprint density at radius 1 is 1.75 bits per heavy atom. The van der Waals surface area contributed by atoms with Gasteiger partial charge in [0.15, 0.2) is 10.6 Å². The highest BCUT2D eigenvalue weighted by Crippen LogP contribution is 2.06. The van der Waals surface area contributed by atoms with Crippen LogP contribution in [0.15, 0.2) is 22.2 Å². The molecule has 0 aliphatic rings. The number of aryl methyl sites for hydroxylation is 1. The third-order valence-electron chi connectivity index (χ3n) is 1.89. The standard InChI is InChI=1S/C9H10N4O2S/c1-6-4-7(12-15-6)11-8(14)5-13-2-3-16-9(13)10/h2-4,10H,5H2,1H3,(H,11,12,14). The summed E-state index contributed by atoms with van der Waals surface area (Å²) in [5.74, 6) is 0.801. The SMILES string of the molecule is Cc1cc(NC(=O)Cn2ccsc2=N)no1. The number of nitrogens with one attached hydrogen (secondary N) is 2. The van der Waals surface area contributed by atoms with E-state index in [1.807, 2.05) is 0 Å². The van der Waals surface area contributed by atoms with Crippen LogP contribution in [0.4, 0.5) is 5.82 Å². The molecule has 0 unspecified atom stereocenters. The monoisotopic (exact) mass is 238 g/mol. The van der Waals surface area contributed by atoms with Crippen molar-refractivity contribution in [2.75, 3.05) is 5.32 Å². The smallest absolute Gasteiger partial charge is 0.245 e. The fraction of sp³-hybridized carbons (Fsp3) is 0.222. The number of carbonyl (C=O) groups excluding carboxylic acids is 1. The van der Waals surface area contributed by atoms with E-state index in [0.717, 1.165) is 0 Å². The molecule has 2 aromatic heterocycles. The van der Waals surface area contributed by atoms with E-state index in [-0.39, 0.29) is 12.5 Å². The summed E-state index contributed by atoms with van der Waals surface area (Å²) >= 11 is 1.27. The number of aromatic nitrogens is 2. The number of anilines is 1. The molecule has 1 amide bonds. The van der Waals surface area contributed by atoms with Gasteiger partial charge in [0.25, 0.3) is 0 Å². The lowest BCUT2D eigenvalue weighted by atomic mass is 10.4.